The maximum absolute atomic E-state index is 6.07. The van der Waals surface area contributed by atoms with Gasteiger partial charge in [0, 0.05) is 24.4 Å². The van der Waals surface area contributed by atoms with Gasteiger partial charge in [0.2, 0.25) is 0 Å². The number of nitrogens with zero attached hydrogens (tertiary/aromatic N) is 1. The highest BCUT2D eigenvalue weighted by molar-refractivity contribution is 6.62. The van der Waals surface area contributed by atoms with Crippen LogP contribution in [-0.2, 0) is 15.9 Å². The average Bonchev–Trinajstić information content (AvgIpc) is 2.58. The lowest BCUT2D eigenvalue weighted by atomic mass is 9.80. The Morgan fingerprint density at radius 3 is 2.33 bits per heavy atom. The standard InChI is InChI=1S/C16H27BN2O2/c1-12(2)8-18-9-13-7-14(11-19-10-13)17-20-15(3,4)16(5,6)21-17/h7,10-12,18H,8-9H2,1-6H3. The van der Waals surface area contributed by atoms with Crippen molar-refractivity contribution in [2.24, 2.45) is 5.92 Å². The Morgan fingerprint density at radius 2 is 1.76 bits per heavy atom. The second-order valence-corrected chi connectivity index (χ2v) is 7.24. The van der Waals surface area contributed by atoms with E-state index in [2.05, 4.69) is 57.9 Å². The molecule has 21 heavy (non-hydrogen) atoms. The van der Waals surface area contributed by atoms with Gasteiger partial charge in [-0.2, -0.15) is 0 Å². The van der Waals surface area contributed by atoms with Gasteiger partial charge in [0.05, 0.1) is 11.2 Å². The Balaban J connectivity index is 2.05. The number of pyridine rings is 1. The highest BCUT2D eigenvalue weighted by Crippen LogP contribution is 2.36. The fourth-order valence-corrected chi connectivity index (χ4v) is 2.22. The molecule has 0 radical (unpaired) electrons. The lowest BCUT2D eigenvalue weighted by molar-refractivity contribution is 0.00578. The fourth-order valence-electron chi connectivity index (χ4n) is 2.22. The summed E-state index contributed by atoms with van der Waals surface area (Å²) in [6.45, 7) is 14.5. The normalized spacial score (nSPS) is 20.2. The first kappa shape index (κ1) is 16.5. The molecule has 1 aromatic heterocycles. The van der Waals surface area contributed by atoms with Gasteiger partial charge in [-0.15, -0.1) is 0 Å². The van der Waals surface area contributed by atoms with Gasteiger partial charge in [-0.1, -0.05) is 19.9 Å². The zero-order valence-corrected chi connectivity index (χ0v) is 14.1. The summed E-state index contributed by atoms with van der Waals surface area (Å²) in [4.78, 5) is 4.32. The van der Waals surface area contributed by atoms with E-state index in [9.17, 15) is 0 Å². The third kappa shape index (κ3) is 3.85. The molecule has 0 saturated carbocycles. The van der Waals surface area contributed by atoms with E-state index in [1.807, 2.05) is 12.4 Å². The van der Waals surface area contributed by atoms with E-state index in [-0.39, 0.29) is 18.3 Å². The highest BCUT2D eigenvalue weighted by atomic mass is 16.7. The van der Waals surface area contributed by atoms with Crippen molar-refractivity contribution in [3.8, 4) is 0 Å². The van der Waals surface area contributed by atoms with Gasteiger partial charge in [0.25, 0.3) is 0 Å². The van der Waals surface area contributed by atoms with Crippen LogP contribution in [0.15, 0.2) is 18.5 Å². The molecule has 1 aliphatic heterocycles. The second kappa shape index (κ2) is 6.07. The molecule has 1 aliphatic rings. The number of hydrogen-bond acceptors (Lipinski definition) is 4. The number of aromatic nitrogens is 1. The minimum absolute atomic E-state index is 0.316. The van der Waals surface area contributed by atoms with E-state index in [1.54, 1.807) is 0 Å². The van der Waals surface area contributed by atoms with E-state index in [4.69, 9.17) is 9.31 Å². The molecular formula is C16H27BN2O2. The van der Waals surface area contributed by atoms with Crippen LogP contribution in [0.4, 0.5) is 0 Å². The van der Waals surface area contributed by atoms with E-state index < -0.39 is 0 Å². The van der Waals surface area contributed by atoms with Crippen molar-refractivity contribution in [2.75, 3.05) is 6.54 Å². The molecule has 1 N–H and O–H groups in total. The molecule has 1 saturated heterocycles. The minimum atomic E-state index is -0.340. The lowest BCUT2D eigenvalue weighted by Crippen LogP contribution is -2.41. The summed E-state index contributed by atoms with van der Waals surface area (Å²) in [5.41, 5.74) is 1.51. The van der Waals surface area contributed by atoms with Crippen molar-refractivity contribution in [1.82, 2.24) is 10.3 Å². The Kier molecular flexibility index (Phi) is 4.76. The van der Waals surface area contributed by atoms with Gasteiger partial charge in [-0.25, -0.2) is 0 Å². The molecule has 1 fully saturated rings. The third-order valence-electron chi connectivity index (χ3n) is 4.22. The Hall–Kier alpha value is -0.905. The van der Waals surface area contributed by atoms with Gasteiger partial charge < -0.3 is 14.6 Å². The topological polar surface area (TPSA) is 43.4 Å². The van der Waals surface area contributed by atoms with Gasteiger partial charge in [-0.3, -0.25) is 4.98 Å². The van der Waals surface area contributed by atoms with Crippen LogP contribution in [0.25, 0.3) is 0 Å². The Morgan fingerprint density at radius 1 is 1.14 bits per heavy atom. The predicted octanol–water partition coefficient (Wildman–Crippen LogP) is 2.13. The summed E-state index contributed by atoms with van der Waals surface area (Å²) < 4.78 is 12.1. The monoisotopic (exact) mass is 290 g/mol. The van der Waals surface area contributed by atoms with Crippen LogP contribution >= 0.6 is 0 Å². The molecule has 1 aromatic rings. The fraction of sp³-hybridized carbons (Fsp3) is 0.688. The molecule has 116 valence electrons. The lowest BCUT2D eigenvalue weighted by Gasteiger charge is -2.32. The van der Waals surface area contributed by atoms with Crippen LogP contribution in [0.5, 0.6) is 0 Å². The van der Waals surface area contributed by atoms with E-state index in [0.717, 1.165) is 24.1 Å². The SMILES string of the molecule is CC(C)CNCc1cncc(B2OC(C)(C)C(C)(C)O2)c1. The van der Waals surface area contributed by atoms with E-state index >= 15 is 0 Å². The first-order valence-corrected chi connectivity index (χ1v) is 7.71. The van der Waals surface area contributed by atoms with Gasteiger partial charge >= 0.3 is 7.12 Å². The highest BCUT2D eigenvalue weighted by Gasteiger charge is 2.51. The van der Waals surface area contributed by atoms with Crippen LogP contribution in [0, 0.1) is 5.92 Å². The quantitative estimate of drug-likeness (QED) is 0.844. The third-order valence-corrected chi connectivity index (χ3v) is 4.22. The molecule has 4 nitrogen and oxygen atoms in total. The van der Waals surface area contributed by atoms with Gasteiger partial charge in [-0.05, 0) is 45.7 Å². The molecule has 2 rings (SSSR count). The second-order valence-electron chi connectivity index (χ2n) is 7.24. The summed E-state index contributed by atoms with van der Waals surface area (Å²) in [5.74, 6) is 0.643. The molecule has 0 atom stereocenters. The summed E-state index contributed by atoms with van der Waals surface area (Å²) >= 11 is 0. The van der Waals surface area contributed by atoms with Gasteiger partial charge in [0.1, 0.15) is 0 Å². The molecule has 5 heteroatoms. The van der Waals surface area contributed by atoms with Crippen molar-refractivity contribution in [1.29, 1.82) is 0 Å². The van der Waals surface area contributed by atoms with Crippen LogP contribution in [0.1, 0.15) is 47.1 Å². The predicted molar refractivity (Wildman–Crippen MR) is 86.5 cm³/mol. The molecule has 0 aliphatic carbocycles. The van der Waals surface area contributed by atoms with Crippen molar-refractivity contribution < 1.29 is 9.31 Å². The molecular weight excluding hydrogens is 263 g/mol. The summed E-state index contributed by atoms with van der Waals surface area (Å²) in [6, 6.07) is 2.11. The largest absolute Gasteiger partial charge is 0.496 e. The summed E-state index contributed by atoms with van der Waals surface area (Å²) in [7, 11) is -0.340. The van der Waals surface area contributed by atoms with E-state index in [0.29, 0.717) is 5.92 Å². The summed E-state index contributed by atoms with van der Waals surface area (Å²) in [5, 5.41) is 3.43. The zero-order chi connectivity index (χ0) is 15.7. The van der Waals surface area contributed by atoms with Crippen molar-refractivity contribution in [3.63, 3.8) is 0 Å². The molecule has 0 unspecified atom stereocenters. The van der Waals surface area contributed by atoms with Crippen LogP contribution in [0.3, 0.4) is 0 Å². The molecule has 0 spiro atoms. The maximum Gasteiger partial charge on any atom is 0.496 e. The Labute approximate surface area is 128 Å². The maximum atomic E-state index is 6.07. The number of hydrogen-bond donors (Lipinski definition) is 1. The summed E-state index contributed by atoms with van der Waals surface area (Å²) in [6.07, 6.45) is 3.72. The van der Waals surface area contributed by atoms with Crippen molar-refractivity contribution >= 4 is 12.6 Å². The Bertz CT molecular complexity index is 473. The first-order chi connectivity index (χ1) is 9.71. The molecule has 0 bridgehead atoms. The van der Waals surface area contributed by atoms with Gasteiger partial charge in [0.15, 0.2) is 0 Å². The van der Waals surface area contributed by atoms with Crippen molar-refractivity contribution in [2.45, 2.75) is 59.3 Å². The molecule has 0 amide bonds. The molecule has 2 heterocycles. The average molecular weight is 290 g/mol. The number of rotatable bonds is 5. The zero-order valence-electron chi connectivity index (χ0n) is 14.1. The molecule has 0 aromatic carbocycles. The van der Waals surface area contributed by atoms with Crippen molar-refractivity contribution in [3.05, 3.63) is 24.0 Å². The van der Waals surface area contributed by atoms with E-state index in [1.165, 1.54) is 0 Å². The van der Waals surface area contributed by atoms with Crippen LogP contribution in [-0.4, -0.2) is 29.8 Å². The first-order valence-electron chi connectivity index (χ1n) is 7.71. The van der Waals surface area contributed by atoms with Crippen LogP contribution in [0.2, 0.25) is 0 Å². The minimum Gasteiger partial charge on any atom is -0.399 e. The van der Waals surface area contributed by atoms with Crippen LogP contribution < -0.4 is 10.8 Å². The smallest absolute Gasteiger partial charge is 0.399 e. The number of nitrogens with one attached hydrogen (secondary N) is 1.